The fourth-order valence-corrected chi connectivity index (χ4v) is 4.09. The zero-order chi connectivity index (χ0) is 23.4. The monoisotopic (exact) mass is 471 g/mol. The van der Waals surface area contributed by atoms with Gasteiger partial charge in [0.1, 0.15) is 0 Å². The molecule has 0 unspecified atom stereocenters. The molecular weight excluding hydrogens is 446 g/mol. The van der Waals surface area contributed by atoms with Crippen LogP contribution in [-0.4, -0.2) is 49.4 Å². The number of carbonyl (C=O) groups excluding carboxylic acids is 1. The van der Waals surface area contributed by atoms with Gasteiger partial charge in [-0.25, -0.2) is 4.79 Å². The lowest BCUT2D eigenvalue weighted by Gasteiger charge is -2.26. The molecule has 1 saturated heterocycles. The highest BCUT2D eigenvalue weighted by Crippen LogP contribution is 2.31. The van der Waals surface area contributed by atoms with Gasteiger partial charge in [0.25, 0.3) is 5.56 Å². The van der Waals surface area contributed by atoms with E-state index < -0.39 is 0 Å². The largest absolute Gasteiger partial charge is 0.493 e. The molecule has 0 aliphatic carbocycles. The van der Waals surface area contributed by atoms with Gasteiger partial charge in [-0.2, -0.15) is 0 Å². The minimum absolute atomic E-state index is 0.0779. The Morgan fingerprint density at radius 1 is 1.21 bits per heavy atom. The summed E-state index contributed by atoms with van der Waals surface area (Å²) >= 11 is 6.21. The van der Waals surface area contributed by atoms with Crippen LogP contribution in [0.3, 0.4) is 0 Å². The van der Waals surface area contributed by atoms with E-state index in [0.29, 0.717) is 46.4 Å². The van der Waals surface area contributed by atoms with Crippen LogP contribution in [0.15, 0.2) is 47.3 Å². The molecule has 0 bridgehead atoms. The summed E-state index contributed by atoms with van der Waals surface area (Å²) in [7, 11) is 3.09. The number of ether oxygens (including phenoxy) is 3. The molecule has 2 N–H and O–H groups in total. The standard InChI is InChI=1S/C24H26ClN3O5/c1-31-21-11-15-10-16(23(29)26-20(15)12-22(21)32-2)13-28(14-17-6-5-9-33-17)24(30)27-19-8-4-3-7-18(19)25/h3-4,7-8,10-12,17H,5-6,9,13-14H2,1-2H3,(H,26,29)(H,27,30)/t17-/m0/s1. The summed E-state index contributed by atoms with van der Waals surface area (Å²) < 4.78 is 16.4. The fraction of sp³-hybridized carbons (Fsp3) is 0.333. The number of anilines is 1. The molecule has 1 atom stereocenters. The first kappa shape index (κ1) is 22.9. The van der Waals surface area contributed by atoms with Gasteiger partial charge in [0.05, 0.1) is 43.1 Å². The van der Waals surface area contributed by atoms with Crippen LogP contribution < -0.4 is 20.3 Å². The number of rotatable bonds is 7. The average Bonchev–Trinajstić information content (AvgIpc) is 3.33. The molecule has 2 aromatic carbocycles. The van der Waals surface area contributed by atoms with E-state index in [1.807, 2.05) is 0 Å². The minimum atomic E-state index is -0.356. The predicted octanol–water partition coefficient (Wildman–Crippen LogP) is 4.41. The summed E-state index contributed by atoms with van der Waals surface area (Å²) in [6, 6.07) is 11.9. The van der Waals surface area contributed by atoms with Crippen molar-refractivity contribution in [2.24, 2.45) is 0 Å². The Morgan fingerprint density at radius 2 is 1.97 bits per heavy atom. The maximum absolute atomic E-state index is 13.2. The predicted molar refractivity (Wildman–Crippen MR) is 128 cm³/mol. The Bertz CT molecular complexity index is 1210. The molecule has 2 amide bonds. The van der Waals surface area contributed by atoms with Crippen molar-refractivity contribution in [2.75, 3.05) is 32.7 Å². The van der Waals surface area contributed by atoms with Gasteiger partial charge < -0.3 is 29.4 Å². The lowest BCUT2D eigenvalue weighted by atomic mass is 10.1. The first-order chi connectivity index (χ1) is 16.0. The number of nitrogens with zero attached hydrogens (tertiary/aromatic N) is 1. The van der Waals surface area contributed by atoms with Crippen LogP contribution in [0.4, 0.5) is 10.5 Å². The number of nitrogens with one attached hydrogen (secondary N) is 2. The Labute approximate surface area is 196 Å². The third-order valence-corrected chi connectivity index (χ3v) is 5.97. The highest BCUT2D eigenvalue weighted by molar-refractivity contribution is 6.33. The molecule has 174 valence electrons. The Hall–Kier alpha value is -3.23. The topological polar surface area (TPSA) is 92.9 Å². The average molecular weight is 472 g/mol. The lowest BCUT2D eigenvalue weighted by Crippen LogP contribution is -2.40. The zero-order valence-corrected chi connectivity index (χ0v) is 19.3. The summed E-state index contributed by atoms with van der Waals surface area (Å²) in [4.78, 5) is 30.5. The number of aromatic amines is 1. The first-order valence-corrected chi connectivity index (χ1v) is 11.1. The van der Waals surface area contributed by atoms with Crippen molar-refractivity contribution in [2.45, 2.75) is 25.5 Å². The van der Waals surface area contributed by atoms with Crippen LogP contribution in [0.2, 0.25) is 5.02 Å². The highest BCUT2D eigenvalue weighted by Gasteiger charge is 2.24. The van der Waals surface area contributed by atoms with Crippen LogP contribution in [0.5, 0.6) is 11.5 Å². The number of pyridine rings is 1. The lowest BCUT2D eigenvalue weighted by molar-refractivity contribution is 0.0818. The van der Waals surface area contributed by atoms with Crippen molar-refractivity contribution in [3.63, 3.8) is 0 Å². The molecule has 3 aromatic rings. The molecule has 8 nitrogen and oxygen atoms in total. The highest BCUT2D eigenvalue weighted by atomic mass is 35.5. The van der Waals surface area contributed by atoms with E-state index >= 15 is 0 Å². The number of halogens is 1. The summed E-state index contributed by atoms with van der Waals surface area (Å²) in [6.45, 7) is 1.14. The summed E-state index contributed by atoms with van der Waals surface area (Å²) in [6.07, 6.45) is 1.73. The maximum atomic E-state index is 13.2. The third kappa shape index (κ3) is 5.23. The van der Waals surface area contributed by atoms with Crippen LogP contribution >= 0.6 is 11.6 Å². The second-order valence-corrected chi connectivity index (χ2v) is 8.25. The quantitative estimate of drug-likeness (QED) is 0.532. The van der Waals surface area contributed by atoms with E-state index in [2.05, 4.69) is 10.3 Å². The van der Waals surface area contributed by atoms with Crippen LogP contribution in [0, 0.1) is 0 Å². The molecule has 2 heterocycles. The number of fused-ring (bicyclic) bond motifs is 1. The number of benzene rings is 2. The first-order valence-electron chi connectivity index (χ1n) is 10.7. The van der Waals surface area contributed by atoms with E-state index in [4.69, 9.17) is 25.8 Å². The minimum Gasteiger partial charge on any atom is -0.493 e. The fourth-order valence-electron chi connectivity index (χ4n) is 3.91. The van der Waals surface area contributed by atoms with Crippen molar-refractivity contribution < 1.29 is 19.0 Å². The molecule has 1 aromatic heterocycles. The molecule has 9 heteroatoms. The van der Waals surface area contributed by atoms with E-state index in [1.54, 1.807) is 54.5 Å². The molecule has 1 aliphatic heterocycles. The van der Waals surface area contributed by atoms with Crippen LogP contribution in [-0.2, 0) is 11.3 Å². The molecule has 1 aliphatic rings. The second-order valence-electron chi connectivity index (χ2n) is 7.84. The molecule has 1 fully saturated rings. The van der Waals surface area contributed by atoms with Gasteiger partial charge in [0.2, 0.25) is 0 Å². The van der Waals surface area contributed by atoms with Gasteiger partial charge in [-0.15, -0.1) is 0 Å². The number of amides is 2. The number of hydrogen-bond acceptors (Lipinski definition) is 5. The van der Waals surface area contributed by atoms with E-state index in [0.717, 1.165) is 18.2 Å². The summed E-state index contributed by atoms with van der Waals surface area (Å²) in [5, 5.41) is 4.05. The van der Waals surface area contributed by atoms with E-state index in [-0.39, 0.29) is 24.2 Å². The Balaban J connectivity index is 1.64. The molecule has 4 rings (SSSR count). The molecule has 0 saturated carbocycles. The van der Waals surface area contributed by atoms with Gasteiger partial charge in [-0.3, -0.25) is 4.79 Å². The number of hydrogen-bond donors (Lipinski definition) is 2. The molecule has 0 spiro atoms. The number of methoxy groups -OCH3 is 2. The van der Waals surface area contributed by atoms with Crippen molar-refractivity contribution in [3.05, 3.63) is 63.4 Å². The smallest absolute Gasteiger partial charge is 0.322 e. The van der Waals surface area contributed by atoms with Gasteiger partial charge >= 0.3 is 6.03 Å². The maximum Gasteiger partial charge on any atom is 0.322 e. The van der Waals surface area contributed by atoms with Gasteiger partial charge in [0.15, 0.2) is 11.5 Å². The number of para-hydroxylation sites is 1. The number of urea groups is 1. The van der Waals surface area contributed by atoms with Crippen molar-refractivity contribution >= 4 is 34.2 Å². The van der Waals surface area contributed by atoms with Crippen LogP contribution in [0.1, 0.15) is 18.4 Å². The number of carbonyl (C=O) groups is 1. The SMILES string of the molecule is COc1cc2cc(CN(C[C@@H]3CCCO3)C(=O)Nc3ccccc3Cl)c(=O)[nH]c2cc1OC. The summed E-state index contributed by atoms with van der Waals surface area (Å²) in [5.41, 5.74) is 1.29. The van der Waals surface area contributed by atoms with Crippen molar-refractivity contribution in [1.29, 1.82) is 0 Å². The zero-order valence-electron chi connectivity index (χ0n) is 18.5. The van der Waals surface area contributed by atoms with E-state index in [1.165, 1.54) is 7.11 Å². The normalized spacial score (nSPS) is 15.4. The van der Waals surface area contributed by atoms with E-state index in [9.17, 15) is 9.59 Å². The summed E-state index contributed by atoms with van der Waals surface area (Å²) in [5.74, 6) is 1.07. The van der Waals surface area contributed by atoms with Gasteiger partial charge in [-0.1, -0.05) is 23.7 Å². The Kier molecular flexibility index (Phi) is 7.05. The van der Waals surface area contributed by atoms with Gasteiger partial charge in [-0.05, 0) is 37.1 Å². The Morgan fingerprint density at radius 3 is 2.67 bits per heavy atom. The van der Waals surface area contributed by atoms with Crippen LogP contribution in [0.25, 0.3) is 10.9 Å². The number of aromatic nitrogens is 1. The molecule has 0 radical (unpaired) electrons. The second kappa shape index (κ2) is 10.1. The molecular formula is C24H26ClN3O5. The third-order valence-electron chi connectivity index (χ3n) is 5.64. The van der Waals surface area contributed by atoms with Crippen molar-refractivity contribution in [3.8, 4) is 11.5 Å². The number of H-pyrrole nitrogens is 1. The van der Waals surface area contributed by atoms with Gasteiger partial charge in [0, 0.05) is 30.2 Å². The molecule has 33 heavy (non-hydrogen) atoms. The van der Waals surface area contributed by atoms with Crippen molar-refractivity contribution in [1.82, 2.24) is 9.88 Å².